The molecule has 0 aromatic carbocycles. The largest absolute Gasteiger partial charge is 0.405 e. The van der Waals surface area contributed by atoms with Crippen molar-refractivity contribution in [2.24, 2.45) is 5.92 Å². The van der Waals surface area contributed by atoms with E-state index in [-0.39, 0.29) is 0 Å². The fourth-order valence-corrected chi connectivity index (χ4v) is 4.47. The van der Waals surface area contributed by atoms with E-state index in [2.05, 4.69) is 0 Å². The van der Waals surface area contributed by atoms with Gasteiger partial charge in [-0.25, -0.2) is 0 Å². The predicted molar refractivity (Wildman–Crippen MR) is 121 cm³/mol. The Morgan fingerprint density at radius 2 is 1.27 bits per heavy atom. The summed E-state index contributed by atoms with van der Waals surface area (Å²) in [7, 11) is 0. The molecule has 18 nitrogen and oxygen atoms in total. The summed E-state index contributed by atoms with van der Waals surface area (Å²) in [5.41, 5.74) is 0. The van der Waals surface area contributed by atoms with E-state index >= 15 is 0 Å². The van der Waals surface area contributed by atoms with Gasteiger partial charge in [0, 0.05) is 0 Å². The van der Waals surface area contributed by atoms with Crippen molar-refractivity contribution in [1.29, 1.82) is 0 Å². The summed E-state index contributed by atoms with van der Waals surface area (Å²) in [6.07, 6.45) is -26.2. The Hall–Kier alpha value is -1.17. The normalized spacial score (nSPS) is 48.2. The van der Waals surface area contributed by atoms with Crippen LogP contribution < -0.4 is 0 Å². The Bertz CT molecular complexity index is 826. The standard InChI is InChI=1S/C22H38O18/c1-6(2)19(33)40-22(18(32)13(29)10(26)7(3-23)38-22)39-17-9(5-25)36-21(15(31)12(17)28)37-16-8(4-24)35-20(34)14(30)11(16)27/h6-18,20-21,23-32,34H,3-5H2,1-2H3/t7-,8-,9-,10-,11-,12-,13+,14-,15-,16-,17-,18-,20+,21?,22?/m1/s1. The molecule has 0 bridgehead atoms. The fraction of sp³-hybridized carbons (Fsp3) is 0.955. The minimum Gasteiger partial charge on any atom is -0.405 e. The Balaban J connectivity index is 1.88. The van der Waals surface area contributed by atoms with Crippen LogP contribution in [0.1, 0.15) is 13.8 Å². The molecule has 0 aliphatic carbocycles. The SMILES string of the molecule is CC(C)C(=O)OC1(O[C@H]2[C@H](O)[C@@H](O)C(O[C@H]3[C@H](O)[C@@H](O)[C@@H](O)O[C@@H]3CO)O[C@@H]2CO)O[C@H](CO)[C@@H](O)[C@H](O)[C@H]1O. The van der Waals surface area contributed by atoms with Gasteiger partial charge in [-0.3, -0.25) is 4.79 Å². The average molecular weight is 591 g/mol. The van der Waals surface area contributed by atoms with E-state index in [4.69, 9.17) is 28.4 Å². The number of aliphatic hydroxyl groups excluding tert-OH is 11. The molecule has 3 aliphatic rings. The highest BCUT2D eigenvalue weighted by molar-refractivity contribution is 5.71. The first-order valence-corrected chi connectivity index (χ1v) is 12.5. The third-order valence-corrected chi connectivity index (χ3v) is 6.88. The van der Waals surface area contributed by atoms with Crippen LogP contribution in [0.2, 0.25) is 0 Å². The van der Waals surface area contributed by atoms with Crippen molar-refractivity contribution in [3.63, 3.8) is 0 Å². The van der Waals surface area contributed by atoms with Gasteiger partial charge < -0.3 is 84.6 Å². The number of hydrogen-bond acceptors (Lipinski definition) is 18. The second-order valence-electron chi connectivity index (χ2n) is 10.1. The zero-order valence-corrected chi connectivity index (χ0v) is 21.6. The molecule has 3 saturated heterocycles. The molecule has 3 fully saturated rings. The number of esters is 1. The topological polar surface area (TPSA) is 295 Å². The number of carbonyl (C=O) groups is 1. The van der Waals surface area contributed by atoms with E-state index < -0.39 is 124 Å². The van der Waals surface area contributed by atoms with E-state index in [0.29, 0.717) is 0 Å². The first kappa shape index (κ1) is 33.3. The van der Waals surface area contributed by atoms with Crippen molar-refractivity contribution in [3.05, 3.63) is 0 Å². The summed E-state index contributed by atoms with van der Waals surface area (Å²) in [6, 6.07) is 0. The van der Waals surface area contributed by atoms with Crippen molar-refractivity contribution in [2.45, 2.75) is 106 Å². The van der Waals surface area contributed by atoms with E-state index in [1.807, 2.05) is 0 Å². The summed E-state index contributed by atoms with van der Waals surface area (Å²) in [6.45, 7) is 0.0753. The second-order valence-corrected chi connectivity index (χ2v) is 10.1. The predicted octanol–water partition coefficient (Wildman–Crippen LogP) is -7.05. The maximum absolute atomic E-state index is 12.5. The summed E-state index contributed by atoms with van der Waals surface area (Å²) < 4.78 is 32.0. The van der Waals surface area contributed by atoms with Crippen LogP contribution in [0.3, 0.4) is 0 Å². The molecule has 11 N–H and O–H groups in total. The first-order valence-electron chi connectivity index (χ1n) is 12.5. The van der Waals surface area contributed by atoms with Gasteiger partial charge in [0.1, 0.15) is 67.1 Å². The van der Waals surface area contributed by atoms with Crippen LogP contribution in [0.4, 0.5) is 0 Å². The van der Waals surface area contributed by atoms with Gasteiger partial charge in [-0.2, -0.15) is 0 Å². The van der Waals surface area contributed by atoms with Crippen LogP contribution in [-0.2, 0) is 33.2 Å². The zero-order valence-electron chi connectivity index (χ0n) is 21.6. The Morgan fingerprint density at radius 3 is 1.82 bits per heavy atom. The molecule has 18 heteroatoms. The molecule has 15 atom stereocenters. The van der Waals surface area contributed by atoms with E-state index in [9.17, 15) is 61.0 Å². The molecule has 3 heterocycles. The average Bonchev–Trinajstić information content (AvgIpc) is 2.93. The minimum absolute atomic E-state index is 0.814. The number of aliphatic hydroxyl groups is 11. The van der Waals surface area contributed by atoms with Gasteiger partial charge in [-0.1, -0.05) is 13.8 Å². The number of carbonyl (C=O) groups excluding carboxylic acids is 1. The van der Waals surface area contributed by atoms with Crippen molar-refractivity contribution < 1.29 is 89.4 Å². The molecule has 40 heavy (non-hydrogen) atoms. The molecule has 3 rings (SSSR count). The third-order valence-electron chi connectivity index (χ3n) is 6.88. The van der Waals surface area contributed by atoms with Gasteiger partial charge in [0.2, 0.25) is 0 Å². The Kier molecular flexibility index (Phi) is 11.2. The summed E-state index contributed by atoms with van der Waals surface area (Å²) in [4.78, 5) is 12.5. The van der Waals surface area contributed by atoms with Crippen molar-refractivity contribution in [3.8, 4) is 0 Å². The van der Waals surface area contributed by atoms with Gasteiger partial charge in [0.05, 0.1) is 25.7 Å². The molecule has 3 aliphatic heterocycles. The maximum Gasteiger partial charge on any atom is 0.360 e. The lowest BCUT2D eigenvalue weighted by molar-refractivity contribution is -0.473. The highest BCUT2D eigenvalue weighted by Gasteiger charge is 2.61. The molecule has 0 amide bonds. The molecular formula is C22H38O18. The van der Waals surface area contributed by atoms with Crippen molar-refractivity contribution >= 4 is 5.97 Å². The van der Waals surface area contributed by atoms with Gasteiger partial charge in [-0.15, -0.1) is 0 Å². The smallest absolute Gasteiger partial charge is 0.360 e. The van der Waals surface area contributed by atoms with Crippen LogP contribution in [0.15, 0.2) is 0 Å². The van der Waals surface area contributed by atoms with Gasteiger partial charge in [0.15, 0.2) is 18.7 Å². The first-order chi connectivity index (χ1) is 18.7. The van der Waals surface area contributed by atoms with Crippen LogP contribution in [-0.4, -0.2) is 174 Å². The zero-order chi connectivity index (χ0) is 30.1. The van der Waals surface area contributed by atoms with Crippen LogP contribution >= 0.6 is 0 Å². The Labute approximate surface area is 227 Å². The summed E-state index contributed by atoms with van der Waals surface area (Å²) in [5.74, 6) is -4.89. The number of ether oxygens (including phenoxy) is 6. The van der Waals surface area contributed by atoms with Crippen LogP contribution in [0, 0.1) is 5.92 Å². The molecule has 2 unspecified atom stereocenters. The quantitative estimate of drug-likeness (QED) is 0.0878. The van der Waals surface area contributed by atoms with Gasteiger partial charge in [-0.05, 0) is 0 Å². The lowest BCUT2D eigenvalue weighted by Gasteiger charge is -2.51. The molecule has 0 spiro atoms. The number of rotatable bonds is 9. The van der Waals surface area contributed by atoms with E-state index in [1.165, 1.54) is 13.8 Å². The lowest BCUT2D eigenvalue weighted by atomic mass is 9.95. The van der Waals surface area contributed by atoms with Gasteiger partial charge >= 0.3 is 11.9 Å². The monoisotopic (exact) mass is 590 g/mol. The highest BCUT2D eigenvalue weighted by Crippen LogP contribution is 2.38. The maximum atomic E-state index is 12.5. The van der Waals surface area contributed by atoms with Crippen molar-refractivity contribution in [2.75, 3.05) is 19.8 Å². The molecule has 0 aromatic rings. The van der Waals surface area contributed by atoms with Crippen LogP contribution in [0.25, 0.3) is 0 Å². The molecule has 234 valence electrons. The molecular weight excluding hydrogens is 552 g/mol. The van der Waals surface area contributed by atoms with Crippen LogP contribution in [0.5, 0.6) is 0 Å². The summed E-state index contributed by atoms with van der Waals surface area (Å²) >= 11 is 0. The van der Waals surface area contributed by atoms with E-state index in [0.717, 1.165) is 0 Å². The summed E-state index contributed by atoms with van der Waals surface area (Å²) in [5, 5.41) is 112. The minimum atomic E-state index is -2.99. The van der Waals surface area contributed by atoms with Gasteiger partial charge in [0.25, 0.3) is 0 Å². The second kappa shape index (κ2) is 13.4. The Morgan fingerprint density at radius 1 is 0.725 bits per heavy atom. The molecule has 0 aromatic heterocycles. The molecule has 0 saturated carbocycles. The number of hydrogen-bond donors (Lipinski definition) is 11. The van der Waals surface area contributed by atoms with E-state index in [1.54, 1.807) is 0 Å². The molecule has 0 radical (unpaired) electrons. The van der Waals surface area contributed by atoms with Crippen molar-refractivity contribution in [1.82, 2.24) is 0 Å². The third kappa shape index (κ3) is 6.42. The highest BCUT2D eigenvalue weighted by atomic mass is 16.9. The fourth-order valence-electron chi connectivity index (χ4n) is 4.47. The lowest BCUT2D eigenvalue weighted by Crippen LogP contribution is -2.71.